The van der Waals surface area contributed by atoms with E-state index in [0.29, 0.717) is 11.5 Å². The van der Waals surface area contributed by atoms with E-state index < -0.39 is 0 Å². The zero-order chi connectivity index (χ0) is 15.6. The summed E-state index contributed by atoms with van der Waals surface area (Å²) in [5.74, 6) is 0.723. The van der Waals surface area contributed by atoms with Crippen LogP contribution in [0, 0.1) is 0 Å². The van der Waals surface area contributed by atoms with Crippen molar-refractivity contribution in [1.82, 2.24) is 4.98 Å². The number of carbonyl (C=O) groups excluding carboxylic acids is 1. The van der Waals surface area contributed by atoms with E-state index in [1.165, 1.54) is 11.8 Å². The van der Waals surface area contributed by atoms with E-state index in [0.717, 1.165) is 26.8 Å². The summed E-state index contributed by atoms with van der Waals surface area (Å²) in [5.41, 5.74) is 1.67. The Morgan fingerprint density at radius 3 is 2.74 bits per heavy atom. The molecule has 0 N–H and O–H groups in total. The van der Waals surface area contributed by atoms with Crippen molar-refractivity contribution in [2.45, 2.75) is 4.90 Å². The van der Waals surface area contributed by atoms with Crippen LogP contribution in [-0.4, -0.2) is 16.5 Å². The van der Waals surface area contributed by atoms with Gasteiger partial charge in [-0.25, -0.2) is 0 Å². The number of aromatic nitrogens is 1. The summed E-state index contributed by atoms with van der Waals surface area (Å²) in [6.45, 7) is 0. The number of hydrogen-bond acceptors (Lipinski definition) is 4. The van der Waals surface area contributed by atoms with Crippen molar-refractivity contribution < 1.29 is 9.21 Å². The lowest BCUT2D eigenvalue weighted by molar-refractivity contribution is 0.0994. The minimum absolute atomic E-state index is 0.0147. The Morgan fingerprint density at radius 1 is 1.00 bits per heavy atom. The number of pyridine rings is 1. The Labute approximate surface area is 137 Å². The van der Waals surface area contributed by atoms with E-state index in [1.807, 2.05) is 54.6 Å². The van der Waals surface area contributed by atoms with Gasteiger partial charge in [0.05, 0.1) is 11.3 Å². The number of fused-ring (bicyclic) bond motifs is 2. The lowest BCUT2D eigenvalue weighted by Gasteiger charge is -2.04. The highest BCUT2D eigenvalue weighted by atomic mass is 32.2. The summed E-state index contributed by atoms with van der Waals surface area (Å²) in [6.07, 6.45) is 1.77. The molecule has 112 valence electrons. The molecule has 4 aromatic rings. The molecule has 0 saturated carbocycles. The molecule has 0 aliphatic carbocycles. The molecule has 2 aromatic heterocycles. The second kappa shape index (κ2) is 5.89. The molecule has 0 aliphatic heterocycles. The first kappa shape index (κ1) is 14.0. The Morgan fingerprint density at radius 2 is 1.83 bits per heavy atom. The van der Waals surface area contributed by atoms with Gasteiger partial charge in [0.2, 0.25) is 5.78 Å². The van der Waals surface area contributed by atoms with Gasteiger partial charge < -0.3 is 4.42 Å². The summed E-state index contributed by atoms with van der Waals surface area (Å²) in [4.78, 5) is 17.8. The first-order valence-corrected chi connectivity index (χ1v) is 8.28. The molecule has 0 radical (unpaired) electrons. The highest BCUT2D eigenvalue weighted by Crippen LogP contribution is 2.27. The molecule has 0 saturated heterocycles. The van der Waals surface area contributed by atoms with Crippen LogP contribution in [0.3, 0.4) is 0 Å². The van der Waals surface area contributed by atoms with Crippen molar-refractivity contribution in [3.05, 3.63) is 72.6 Å². The third kappa shape index (κ3) is 2.73. The maximum Gasteiger partial charge on any atom is 0.208 e. The Balaban J connectivity index is 1.57. The van der Waals surface area contributed by atoms with Gasteiger partial charge in [-0.1, -0.05) is 36.4 Å². The molecular weight excluding hydrogens is 306 g/mol. The van der Waals surface area contributed by atoms with Crippen LogP contribution >= 0.6 is 11.8 Å². The number of thioether (sulfide) groups is 1. The molecule has 0 unspecified atom stereocenters. The first-order valence-electron chi connectivity index (χ1n) is 7.29. The van der Waals surface area contributed by atoms with E-state index in [1.54, 1.807) is 12.3 Å². The van der Waals surface area contributed by atoms with Gasteiger partial charge in [0.15, 0.2) is 5.76 Å². The minimum atomic E-state index is -0.0147. The predicted octanol–water partition coefficient (Wildman–Crippen LogP) is 4.96. The number of nitrogens with zero attached hydrogens (tertiary/aromatic N) is 1. The lowest BCUT2D eigenvalue weighted by atomic mass is 10.2. The molecule has 0 aliphatic rings. The SMILES string of the molecule is O=C(CSc1cccc2cccnc12)c1cc2ccccc2o1. The first-order chi connectivity index (χ1) is 11.3. The fourth-order valence-corrected chi connectivity index (χ4v) is 3.44. The number of para-hydroxylation sites is 2. The lowest BCUT2D eigenvalue weighted by Crippen LogP contribution is -2.00. The smallest absolute Gasteiger partial charge is 0.208 e. The molecule has 3 nitrogen and oxygen atoms in total. The molecule has 2 heterocycles. The van der Waals surface area contributed by atoms with Crippen molar-refractivity contribution in [2.24, 2.45) is 0 Å². The van der Waals surface area contributed by atoms with Crippen LogP contribution in [-0.2, 0) is 0 Å². The van der Waals surface area contributed by atoms with Gasteiger partial charge in [0, 0.05) is 21.9 Å². The minimum Gasteiger partial charge on any atom is -0.453 e. The fraction of sp³-hybridized carbons (Fsp3) is 0.0526. The van der Waals surface area contributed by atoms with Crippen molar-refractivity contribution in [2.75, 3.05) is 5.75 Å². The van der Waals surface area contributed by atoms with Gasteiger partial charge in [0.25, 0.3) is 0 Å². The summed E-state index contributed by atoms with van der Waals surface area (Å²) < 4.78 is 5.63. The molecule has 0 spiro atoms. The van der Waals surface area contributed by atoms with E-state index >= 15 is 0 Å². The molecule has 0 amide bonds. The predicted molar refractivity (Wildman–Crippen MR) is 93.0 cm³/mol. The maximum atomic E-state index is 12.4. The van der Waals surface area contributed by atoms with Crippen LogP contribution in [0.2, 0.25) is 0 Å². The normalized spacial score (nSPS) is 11.1. The van der Waals surface area contributed by atoms with Crippen molar-refractivity contribution >= 4 is 39.4 Å². The summed E-state index contributed by atoms with van der Waals surface area (Å²) in [5, 5.41) is 2.03. The molecule has 4 heteroatoms. The second-order valence-electron chi connectivity index (χ2n) is 5.19. The Kier molecular flexibility index (Phi) is 3.60. The summed E-state index contributed by atoms with van der Waals surface area (Å²) in [7, 11) is 0. The van der Waals surface area contributed by atoms with Gasteiger partial charge in [-0.2, -0.15) is 0 Å². The van der Waals surface area contributed by atoms with Crippen molar-refractivity contribution in [1.29, 1.82) is 0 Å². The largest absolute Gasteiger partial charge is 0.453 e. The van der Waals surface area contributed by atoms with Crippen LogP contribution in [0.5, 0.6) is 0 Å². The number of benzene rings is 2. The van der Waals surface area contributed by atoms with Gasteiger partial charge in [-0.3, -0.25) is 9.78 Å². The molecule has 0 fully saturated rings. The van der Waals surface area contributed by atoms with Gasteiger partial charge in [0.1, 0.15) is 5.58 Å². The zero-order valence-corrected chi connectivity index (χ0v) is 13.0. The standard InChI is InChI=1S/C19H13NO2S/c21-15(17-11-14-5-1-2-8-16(14)22-17)12-23-18-9-3-6-13-7-4-10-20-19(13)18/h1-11H,12H2. The molecule has 0 atom stereocenters. The second-order valence-corrected chi connectivity index (χ2v) is 6.21. The van der Waals surface area contributed by atoms with Gasteiger partial charge in [-0.15, -0.1) is 11.8 Å². The molecular formula is C19H13NO2S. The Hall–Kier alpha value is -2.59. The van der Waals surface area contributed by atoms with Crippen LogP contribution in [0.4, 0.5) is 0 Å². The number of hydrogen-bond donors (Lipinski definition) is 0. The zero-order valence-electron chi connectivity index (χ0n) is 12.2. The highest BCUT2D eigenvalue weighted by molar-refractivity contribution is 8.00. The number of Topliss-reactive ketones (excluding diaryl/α,β-unsaturated/α-hetero) is 1. The summed E-state index contributed by atoms with van der Waals surface area (Å²) >= 11 is 1.49. The number of ketones is 1. The third-order valence-corrected chi connectivity index (χ3v) is 4.70. The number of carbonyl (C=O) groups is 1. The van der Waals surface area contributed by atoms with Crippen LogP contribution < -0.4 is 0 Å². The van der Waals surface area contributed by atoms with Crippen LogP contribution in [0.25, 0.3) is 21.9 Å². The van der Waals surface area contributed by atoms with Crippen molar-refractivity contribution in [3.8, 4) is 0 Å². The van der Waals surface area contributed by atoms with E-state index in [9.17, 15) is 4.79 Å². The van der Waals surface area contributed by atoms with Crippen molar-refractivity contribution in [3.63, 3.8) is 0 Å². The monoisotopic (exact) mass is 319 g/mol. The van der Waals surface area contributed by atoms with Crippen LogP contribution in [0.15, 0.2) is 76.2 Å². The van der Waals surface area contributed by atoms with Gasteiger partial charge >= 0.3 is 0 Å². The average Bonchev–Trinajstić information content (AvgIpc) is 3.04. The van der Waals surface area contributed by atoms with E-state index in [4.69, 9.17) is 4.42 Å². The van der Waals surface area contributed by atoms with E-state index in [-0.39, 0.29) is 5.78 Å². The number of rotatable bonds is 4. The Bertz CT molecular complexity index is 968. The van der Waals surface area contributed by atoms with Crippen LogP contribution in [0.1, 0.15) is 10.6 Å². The molecule has 4 rings (SSSR count). The highest BCUT2D eigenvalue weighted by Gasteiger charge is 2.13. The average molecular weight is 319 g/mol. The van der Waals surface area contributed by atoms with Gasteiger partial charge in [-0.05, 0) is 24.3 Å². The molecule has 2 aromatic carbocycles. The number of furan rings is 1. The maximum absolute atomic E-state index is 12.4. The topological polar surface area (TPSA) is 43.1 Å². The summed E-state index contributed by atoms with van der Waals surface area (Å²) in [6, 6.07) is 19.4. The quantitative estimate of drug-likeness (QED) is 0.394. The fourth-order valence-electron chi connectivity index (χ4n) is 2.53. The molecule has 0 bridgehead atoms. The molecule has 23 heavy (non-hydrogen) atoms. The van der Waals surface area contributed by atoms with E-state index in [2.05, 4.69) is 4.98 Å². The third-order valence-electron chi connectivity index (χ3n) is 3.65.